The SMILES string of the molecule is CC1(C)CC(=O)C2=C(C1)OC1CC(C)(C)CC(=O)C1=C2c1ccccc1. The molecule has 2 aliphatic carbocycles. The second-order valence-corrected chi connectivity index (χ2v) is 9.47. The second kappa shape index (κ2) is 5.67. The van der Waals surface area contributed by atoms with E-state index in [2.05, 4.69) is 27.7 Å². The summed E-state index contributed by atoms with van der Waals surface area (Å²) < 4.78 is 6.34. The zero-order valence-electron chi connectivity index (χ0n) is 16.0. The summed E-state index contributed by atoms with van der Waals surface area (Å²) in [4.78, 5) is 26.1. The lowest BCUT2D eigenvalue weighted by Gasteiger charge is -2.43. The maximum atomic E-state index is 13.1. The van der Waals surface area contributed by atoms with Crippen molar-refractivity contribution in [1.82, 2.24) is 0 Å². The van der Waals surface area contributed by atoms with Gasteiger partial charge in [0, 0.05) is 30.4 Å². The van der Waals surface area contributed by atoms with Crippen LogP contribution in [0.15, 0.2) is 47.2 Å². The minimum absolute atomic E-state index is 0.0840. The summed E-state index contributed by atoms with van der Waals surface area (Å²) in [6.45, 7) is 8.45. The first-order valence-electron chi connectivity index (χ1n) is 9.43. The molecule has 1 aromatic carbocycles. The fourth-order valence-corrected chi connectivity index (χ4v) is 4.64. The van der Waals surface area contributed by atoms with Gasteiger partial charge in [0.25, 0.3) is 0 Å². The van der Waals surface area contributed by atoms with Gasteiger partial charge in [-0.1, -0.05) is 58.0 Å². The monoisotopic (exact) mass is 350 g/mol. The van der Waals surface area contributed by atoms with Crippen LogP contribution in [0.4, 0.5) is 0 Å². The molecule has 0 spiro atoms. The third kappa shape index (κ3) is 2.84. The Morgan fingerprint density at radius 3 is 2.19 bits per heavy atom. The number of hydrogen-bond donors (Lipinski definition) is 0. The van der Waals surface area contributed by atoms with Crippen molar-refractivity contribution >= 4 is 17.1 Å². The average Bonchev–Trinajstić information content (AvgIpc) is 2.51. The molecule has 26 heavy (non-hydrogen) atoms. The van der Waals surface area contributed by atoms with Gasteiger partial charge in [-0.15, -0.1) is 0 Å². The van der Waals surface area contributed by atoms with Crippen molar-refractivity contribution in [3.63, 3.8) is 0 Å². The van der Waals surface area contributed by atoms with Gasteiger partial charge in [-0.3, -0.25) is 9.59 Å². The van der Waals surface area contributed by atoms with Crippen molar-refractivity contribution < 1.29 is 14.3 Å². The Hall–Kier alpha value is -2.16. The van der Waals surface area contributed by atoms with Crippen molar-refractivity contribution in [3.05, 3.63) is 52.8 Å². The lowest BCUT2D eigenvalue weighted by atomic mass is 9.67. The summed E-state index contributed by atoms with van der Waals surface area (Å²) >= 11 is 0. The largest absolute Gasteiger partial charge is 0.489 e. The molecule has 0 bridgehead atoms. The van der Waals surface area contributed by atoms with Crippen LogP contribution in [0.2, 0.25) is 0 Å². The normalized spacial score (nSPS) is 27.0. The van der Waals surface area contributed by atoms with Crippen molar-refractivity contribution in [2.75, 3.05) is 0 Å². The Labute approximate surface area is 155 Å². The van der Waals surface area contributed by atoms with Crippen LogP contribution in [-0.4, -0.2) is 17.7 Å². The highest BCUT2D eigenvalue weighted by atomic mass is 16.5. The van der Waals surface area contributed by atoms with Gasteiger partial charge in [-0.2, -0.15) is 0 Å². The van der Waals surface area contributed by atoms with Crippen LogP contribution in [0, 0.1) is 10.8 Å². The van der Waals surface area contributed by atoms with Gasteiger partial charge in [-0.25, -0.2) is 0 Å². The molecule has 1 fully saturated rings. The summed E-state index contributed by atoms with van der Waals surface area (Å²) in [5, 5.41) is 0. The van der Waals surface area contributed by atoms with Crippen molar-refractivity contribution in [3.8, 4) is 0 Å². The smallest absolute Gasteiger partial charge is 0.167 e. The molecule has 1 saturated carbocycles. The van der Waals surface area contributed by atoms with E-state index in [1.807, 2.05) is 30.3 Å². The van der Waals surface area contributed by atoms with Gasteiger partial charge >= 0.3 is 0 Å². The Bertz CT molecular complexity index is 853. The van der Waals surface area contributed by atoms with Crippen LogP contribution in [-0.2, 0) is 14.3 Å². The molecule has 0 saturated heterocycles. The van der Waals surface area contributed by atoms with Crippen LogP contribution in [0.1, 0.15) is 58.9 Å². The van der Waals surface area contributed by atoms with Crippen molar-refractivity contribution in [1.29, 1.82) is 0 Å². The molecule has 0 aromatic heterocycles. The van der Waals surface area contributed by atoms with Crippen molar-refractivity contribution in [2.24, 2.45) is 10.8 Å². The zero-order chi connectivity index (χ0) is 18.7. The highest BCUT2D eigenvalue weighted by molar-refractivity contribution is 6.18. The van der Waals surface area contributed by atoms with E-state index in [9.17, 15) is 9.59 Å². The molecular formula is C23H26O3. The van der Waals surface area contributed by atoms with Gasteiger partial charge in [0.1, 0.15) is 11.9 Å². The van der Waals surface area contributed by atoms with E-state index in [1.165, 1.54) is 0 Å². The maximum absolute atomic E-state index is 13.1. The molecule has 3 nitrogen and oxygen atoms in total. The van der Waals surface area contributed by atoms with Crippen LogP contribution >= 0.6 is 0 Å². The molecule has 0 radical (unpaired) electrons. The topological polar surface area (TPSA) is 43.4 Å². The van der Waals surface area contributed by atoms with E-state index in [-0.39, 0.29) is 28.5 Å². The molecule has 1 unspecified atom stereocenters. The standard InChI is InChI=1S/C23H26O3/c1-22(2)10-15(24)20-17(12-22)26-18-13-23(3,4)11-16(25)21(18)19(20)14-8-6-5-7-9-14/h5-9,17H,10-13H2,1-4H3. The third-order valence-corrected chi connectivity index (χ3v) is 5.70. The summed E-state index contributed by atoms with van der Waals surface area (Å²) in [6, 6.07) is 9.87. The first-order valence-corrected chi connectivity index (χ1v) is 9.43. The number of fused-ring (bicyclic) bond motifs is 1. The van der Waals surface area contributed by atoms with Crippen LogP contribution in [0.3, 0.4) is 0 Å². The number of rotatable bonds is 1. The molecule has 3 aliphatic rings. The van der Waals surface area contributed by atoms with Gasteiger partial charge in [0.05, 0.1) is 5.57 Å². The first kappa shape index (κ1) is 17.3. The van der Waals surface area contributed by atoms with Crippen LogP contribution in [0.25, 0.3) is 5.57 Å². The summed E-state index contributed by atoms with van der Waals surface area (Å²) in [7, 11) is 0. The maximum Gasteiger partial charge on any atom is 0.167 e. The number of carbonyl (C=O) groups excluding carboxylic acids is 2. The summed E-state index contributed by atoms with van der Waals surface area (Å²) in [5.74, 6) is 0.998. The number of carbonyl (C=O) groups is 2. The number of Topliss-reactive ketones (excluding diaryl/α,β-unsaturated/α-hetero) is 2. The number of hydrogen-bond acceptors (Lipinski definition) is 3. The fourth-order valence-electron chi connectivity index (χ4n) is 4.64. The minimum Gasteiger partial charge on any atom is -0.489 e. The van der Waals surface area contributed by atoms with Gasteiger partial charge in [0.15, 0.2) is 11.6 Å². The average molecular weight is 350 g/mol. The highest BCUT2D eigenvalue weighted by Gasteiger charge is 2.47. The zero-order valence-corrected chi connectivity index (χ0v) is 16.0. The molecule has 3 heteroatoms. The van der Waals surface area contributed by atoms with E-state index in [0.29, 0.717) is 24.0 Å². The number of allylic oxidation sites excluding steroid dienone is 3. The van der Waals surface area contributed by atoms with E-state index in [1.54, 1.807) is 0 Å². The number of ether oxygens (including phenoxy) is 1. The highest BCUT2D eigenvalue weighted by Crippen LogP contribution is 2.50. The molecular weight excluding hydrogens is 324 g/mol. The van der Waals surface area contributed by atoms with Gasteiger partial charge in [0.2, 0.25) is 0 Å². The third-order valence-electron chi connectivity index (χ3n) is 5.70. The summed E-state index contributed by atoms with van der Waals surface area (Å²) in [5.41, 5.74) is 2.95. The fraction of sp³-hybridized carbons (Fsp3) is 0.478. The second-order valence-electron chi connectivity index (χ2n) is 9.47. The van der Waals surface area contributed by atoms with Crippen LogP contribution < -0.4 is 0 Å². The Morgan fingerprint density at radius 2 is 1.50 bits per heavy atom. The molecule has 1 heterocycles. The molecule has 0 amide bonds. The lowest BCUT2D eigenvalue weighted by Crippen LogP contribution is -2.41. The Balaban J connectivity index is 1.95. The molecule has 4 rings (SSSR count). The predicted octanol–water partition coefficient (Wildman–Crippen LogP) is 4.87. The number of benzene rings is 1. The molecule has 1 aliphatic heterocycles. The Morgan fingerprint density at radius 1 is 0.846 bits per heavy atom. The minimum atomic E-state index is -0.248. The van der Waals surface area contributed by atoms with E-state index < -0.39 is 0 Å². The van der Waals surface area contributed by atoms with Gasteiger partial charge in [-0.05, 0) is 22.8 Å². The molecule has 1 atom stereocenters. The van der Waals surface area contributed by atoms with E-state index in [4.69, 9.17) is 4.74 Å². The predicted molar refractivity (Wildman–Crippen MR) is 101 cm³/mol. The van der Waals surface area contributed by atoms with Crippen molar-refractivity contribution in [2.45, 2.75) is 59.5 Å². The number of ketones is 2. The quantitative estimate of drug-likeness (QED) is 0.725. The van der Waals surface area contributed by atoms with E-state index >= 15 is 0 Å². The van der Waals surface area contributed by atoms with Gasteiger partial charge < -0.3 is 4.74 Å². The van der Waals surface area contributed by atoms with Crippen LogP contribution in [0.5, 0.6) is 0 Å². The molecule has 0 N–H and O–H groups in total. The lowest BCUT2D eigenvalue weighted by molar-refractivity contribution is -0.122. The summed E-state index contributed by atoms with van der Waals surface area (Å²) in [6.07, 6.45) is 2.28. The molecule has 136 valence electrons. The Kier molecular flexibility index (Phi) is 3.76. The first-order chi connectivity index (χ1) is 12.2. The van der Waals surface area contributed by atoms with E-state index in [0.717, 1.165) is 29.7 Å². The molecule has 1 aromatic rings.